The molecule has 0 amide bonds. The number of para-hydroxylation sites is 1. The van der Waals surface area contributed by atoms with E-state index in [-0.39, 0.29) is 0 Å². The maximum atomic E-state index is 6.02. The number of hydrogen-bond acceptors (Lipinski definition) is 4. The van der Waals surface area contributed by atoms with Gasteiger partial charge in [0.05, 0.1) is 0 Å². The molecular weight excluding hydrogens is 432 g/mol. The number of rotatable bonds is 4. The van der Waals surface area contributed by atoms with Crippen molar-refractivity contribution >= 4 is 11.4 Å². The summed E-state index contributed by atoms with van der Waals surface area (Å²) >= 11 is 0. The summed E-state index contributed by atoms with van der Waals surface area (Å²) in [5.74, 6) is 2.34. The lowest BCUT2D eigenvalue weighted by Crippen LogP contribution is -2.32. The fourth-order valence-electron chi connectivity index (χ4n) is 5.01. The van der Waals surface area contributed by atoms with E-state index in [4.69, 9.17) is 9.47 Å². The highest BCUT2D eigenvalue weighted by atomic mass is 16.5. The lowest BCUT2D eigenvalue weighted by atomic mass is 9.92. The van der Waals surface area contributed by atoms with E-state index in [1.54, 1.807) is 0 Å². The van der Waals surface area contributed by atoms with Crippen LogP contribution in [0.4, 0.5) is 11.4 Å². The Morgan fingerprint density at radius 1 is 0.714 bits per heavy atom. The van der Waals surface area contributed by atoms with E-state index >= 15 is 0 Å². The van der Waals surface area contributed by atoms with Gasteiger partial charge in [-0.2, -0.15) is 0 Å². The van der Waals surface area contributed by atoms with Crippen LogP contribution in [-0.4, -0.2) is 20.0 Å². The zero-order chi connectivity index (χ0) is 23.6. The van der Waals surface area contributed by atoms with Crippen LogP contribution in [0.5, 0.6) is 5.75 Å². The number of allylic oxidation sites excluding steroid dienone is 4. The predicted octanol–water partition coefficient (Wildman–Crippen LogP) is 6.76. The molecule has 0 saturated heterocycles. The van der Waals surface area contributed by atoms with Crippen molar-refractivity contribution in [1.29, 1.82) is 0 Å². The normalized spacial score (nSPS) is 17.7. The first kappa shape index (κ1) is 21.6. The van der Waals surface area contributed by atoms with E-state index in [1.165, 1.54) is 33.6 Å². The number of anilines is 2. The third-order valence-corrected chi connectivity index (χ3v) is 7.19. The predicted molar refractivity (Wildman–Crippen MR) is 142 cm³/mol. The minimum absolute atomic E-state index is 0.320. The molecule has 1 unspecified atom stereocenters. The molecule has 0 spiro atoms. The van der Waals surface area contributed by atoms with Gasteiger partial charge in [0.2, 0.25) is 0 Å². The maximum Gasteiger partial charge on any atom is 0.161 e. The standard InChI is InChI=1S/C31H30N2O2/c1-23(25-13-17-29(18-14-25)33-20-27-8-5-6-10-31(27)35-22-33)24-11-15-28(16-12-24)32-19-26-7-3-2-4-9-30(26)34-21-32/h2-6,8-18,23H,7,19-22H2,1H3. The molecule has 0 radical (unpaired) electrons. The van der Waals surface area contributed by atoms with Gasteiger partial charge in [0.1, 0.15) is 11.5 Å². The van der Waals surface area contributed by atoms with Gasteiger partial charge < -0.3 is 19.3 Å². The summed E-state index contributed by atoms with van der Waals surface area (Å²) < 4.78 is 12.0. The Bertz CT molecular complexity index is 1290. The molecule has 176 valence electrons. The zero-order valence-corrected chi connectivity index (χ0v) is 20.1. The Hall–Kier alpha value is -3.92. The third-order valence-electron chi connectivity index (χ3n) is 7.19. The van der Waals surface area contributed by atoms with Crippen LogP contribution >= 0.6 is 0 Å². The van der Waals surface area contributed by atoms with Crippen LogP contribution in [0.3, 0.4) is 0 Å². The molecule has 0 N–H and O–H groups in total. The molecule has 4 nitrogen and oxygen atoms in total. The summed E-state index contributed by atoms with van der Waals surface area (Å²) in [4.78, 5) is 4.57. The van der Waals surface area contributed by atoms with Crippen molar-refractivity contribution in [2.45, 2.75) is 25.8 Å². The molecule has 3 aromatic carbocycles. The summed E-state index contributed by atoms with van der Waals surface area (Å²) in [6, 6.07) is 26.1. The van der Waals surface area contributed by atoms with Crippen LogP contribution in [0.1, 0.15) is 36.0 Å². The van der Waals surface area contributed by atoms with Gasteiger partial charge >= 0.3 is 0 Å². The van der Waals surface area contributed by atoms with Crippen molar-refractivity contribution in [1.82, 2.24) is 0 Å². The lowest BCUT2D eigenvalue weighted by molar-refractivity contribution is 0.206. The van der Waals surface area contributed by atoms with E-state index in [1.807, 2.05) is 12.1 Å². The molecule has 4 heteroatoms. The average molecular weight is 463 g/mol. The largest absolute Gasteiger partial charge is 0.473 e. The van der Waals surface area contributed by atoms with Crippen LogP contribution in [0.15, 0.2) is 108 Å². The molecule has 0 fully saturated rings. The van der Waals surface area contributed by atoms with Crippen molar-refractivity contribution < 1.29 is 9.47 Å². The molecule has 0 aromatic heterocycles. The number of fused-ring (bicyclic) bond motifs is 1. The summed E-state index contributed by atoms with van der Waals surface area (Å²) in [6.07, 6.45) is 9.36. The van der Waals surface area contributed by atoms with E-state index in [0.717, 1.165) is 31.0 Å². The van der Waals surface area contributed by atoms with Crippen molar-refractivity contribution in [2.24, 2.45) is 0 Å². The maximum absolute atomic E-state index is 6.02. The molecule has 3 aromatic rings. The van der Waals surface area contributed by atoms with Crippen molar-refractivity contribution in [3.63, 3.8) is 0 Å². The van der Waals surface area contributed by atoms with E-state index in [9.17, 15) is 0 Å². The van der Waals surface area contributed by atoms with E-state index in [2.05, 4.69) is 102 Å². The topological polar surface area (TPSA) is 24.9 Å². The second kappa shape index (κ2) is 9.38. The molecule has 2 aliphatic heterocycles. The van der Waals surface area contributed by atoms with Crippen LogP contribution in [-0.2, 0) is 11.3 Å². The molecule has 0 saturated carbocycles. The van der Waals surface area contributed by atoms with Gasteiger partial charge in [-0.05, 0) is 59.5 Å². The molecule has 1 atom stereocenters. The molecular formula is C31H30N2O2. The van der Waals surface area contributed by atoms with Crippen LogP contribution in [0.2, 0.25) is 0 Å². The van der Waals surface area contributed by atoms with Crippen molar-refractivity contribution in [3.05, 3.63) is 125 Å². The third kappa shape index (κ3) is 4.44. The smallest absolute Gasteiger partial charge is 0.161 e. The zero-order valence-electron chi connectivity index (χ0n) is 20.1. The molecule has 0 bridgehead atoms. The van der Waals surface area contributed by atoms with E-state index in [0.29, 0.717) is 19.4 Å². The highest BCUT2D eigenvalue weighted by Crippen LogP contribution is 2.32. The fraction of sp³-hybridized carbons (Fsp3) is 0.226. The number of hydrogen-bond donors (Lipinski definition) is 0. The van der Waals surface area contributed by atoms with Crippen LogP contribution < -0.4 is 14.5 Å². The SMILES string of the molecule is CC(c1ccc(N2COC3=C(CC=CC=C3)C2)cc1)c1ccc(N2COc3ccccc3C2)cc1. The van der Waals surface area contributed by atoms with Crippen LogP contribution in [0, 0.1) is 0 Å². The number of nitrogens with zero attached hydrogens (tertiary/aromatic N) is 2. The fourth-order valence-corrected chi connectivity index (χ4v) is 5.01. The summed E-state index contributed by atoms with van der Waals surface area (Å²) in [7, 11) is 0. The van der Waals surface area contributed by atoms with E-state index < -0.39 is 0 Å². The van der Waals surface area contributed by atoms with Gasteiger partial charge in [-0.15, -0.1) is 0 Å². The Kier molecular flexibility index (Phi) is 5.79. The van der Waals surface area contributed by atoms with Gasteiger partial charge in [0, 0.05) is 35.9 Å². The minimum atomic E-state index is 0.320. The Morgan fingerprint density at radius 2 is 1.37 bits per heavy atom. The Balaban J connectivity index is 1.12. The summed E-state index contributed by atoms with van der Waals surface area (Å²) in [5.41, 5.74) is 7.58. The quantitative estimate of drug-likeness (QED) is 0.428. The molecule has 3 aliphatic rings. The van der Waals surface area contributed by atoms with Gasteiger partial charge in [-0.25, -0.2) is 0 Å². The summed E-state index contributed by atoms with van der Waals surface area (Å²) in [6.45, 7) is 5.22. The molecule has 35 heavy (non-hydrogen) atoms. The molecule has 2 heterocycles. The first-order valence-electron chi connectivity index (χ1n) is 12.3. The highest BCUT2D eigenvalue weighted by Gasteiger charge is 2.20. The lowest BCUT2D eigenvalue weighted by Gasteiger charge is -2.32. The average Bonchev–Trinajstić information content (AvgIpc) is 3.18. The highest BCUT2D eigenvalue weighted by molar-refractivity contribution is 5.54. The minimum Gasteiger partial charge on any atom is -0.473 e. The van der Waals surface area contributed by atoms with Gasteiger partial charge in [0.25, 0.3) is 0 Å². The van der Waals surface area contributed by atoms with Crippen LogP contribution in [0.25, 0.3) is 0 Å². The van der Waals surface area contributed by atoms with Crippen molar-refractivity contribution in [3.8, 4) is 5.75 Å². The van der Waals surface area contributed by atoms with Gasteiger partial charge in [-0.3, -0.25) is 0 Å². The number of ether oxygens (including phenoxy) is 2. The van der Waals surface area contributed by atoms with Gasteiger partial charge in [-0.1, -0.05) is 67.6 Å². The second-order valence-corrected chi connectivity index (χ2v) is 9.41. The summed E-state index contributed by atoms with van der Waals surface area (Å²) in [5, 5.41) is 0. The molecule has 6 rings (SSSR count). The molecule has 1 aliphatic carbocycles. The first-order valence-corrected chi connectivity index (χ1v) is 12.3. The van der Waals surface area contributed by atoms with Gasteiger partial charge in [0.15, 0.2) is 13.5 Å². The Labute approximate surface area is 207 Å². The first-order chi connectivity index (χ1) is 17.2. The number of benzene rings is 3. The van der Waals surface area contributed by atoms with Crippen molar-refractivity contribution in [2.75, 3.05) is 29.8 Å². The second-order valence-electron chi connectivity index (χ2n) is 9.41. The Morgan fingerprint density at radius 3 is 2.11 bits per heavy atom. The monoisotopic (exact) mass is 462 g/mol.